The first kappa shape index (κ1) is 11.3. The summed E-state index contributed by atoms with van der Waals surface area (Å²) in [4.78, 5) is 0. The summed E-state index contributed by atoms with van der Waals surface area (Å²) in [7, 11) is 0. The predicted molar refractivity (Wildman–Crippen MR) is 66.2 cm³/mol. The zero-order chi connectivity index (χ0) is 10.3. The minimum Gasteiger partial charge on any atom is -0.497 e. The Morgan fingerprint density at radius 2 is 2.07 bits per heavy atom. The van der Waals surface area contributed by atoms with Crippen molar-refractivity contribution in [2.24, 2.45) is 5.92 Å². The van der Waals surface area contributed by atoms with E-state index in [9.17, 15) is 0 Å². The number of hydrogen-bond donors (Lipinski definition) is 1. The molecule has 86 valence electrons. The molecule has 2 nitrogen and oxygen atoms in total. The Labute approximate surface area is 96.8 Å². The molecule has 1 unspecified atom stereocenters. The number of nitrogens with one attached hydrogen (secondary N) is 1. The molecule has 15 heavy (non-hydrogen) atoms. The van der Waals surface area contributed by atoms with E-state index in [0.717, 1.165) is 12.5 Å². The zero-order valence-corrected chi connectivity index (χ0v) is 10.1. The van der Waals surface area contributed by atoms with E-state index in [1.54, 1.807) is 0 Å². The highest BCUT2D eigenvalue weighted by atomic mass is 32.2. The van der Waals surface area contributed by atoms with Gasteiger partial charge in [-0.1, -0.05) is 0 Å². The van der Waals surface area contributed by atoms with Gasteiger partial charge in [-0.2, -0.15) is 11.8 Å². The number of rotatable bonds is 4. The van der Waals surface area contributed by atoms with Crippen molar-refractivity contribution in [2.45, 2.75) is 31.8 Å². The smallest absolute Gasteiger partial charge is 0.110 e. The van der Waals surface area contributed by atoms with Crippen LogP contribution >= 0.6 is 11.8 Å². The molecule has 2 heterocycles. The van der Waals surface area contributed by atoms with Gasteiger partial charge in [0.05, 0.1) is 6.26 Å². The van der Waals surface area contributed by atoms with E-state index in [1.165, 1.54) is 43.7 Å². The molecule has 0 bridgehead atoms. The van der Waals surface area contributed by atoms with Crippen LogP contribution in [0.2, 0.25) is 0 Å². The third-order valence-corrected chi connectivity index (χ3v) is 4.22. The van der Waals surface area contributed by atoms with Gasteiger partial charge in [-0.25, -0.2) is 0 Å². The molecule has 0 aliphatic carbocycles. The minimum atomic E-state index is 0.410. The van der Waals surface area contributed by atoms with Gasteiger partial charge < -0.3 is 10.1 Å². The van der Waals surface area contributed by atoms with E-state index in [2.05, 4.69) is 23.2 Å². The van der Waals surface area contributed by atoms with Gasteiger partial charge in [0.25, 0.3) is 0 Å². The van der Waals surface area contributed by atoms with Crippen LogP contribution in [0, 0.1) is 5.92 Å². The Kier molecular flexibility index (Phi) is 4.87. The van der Waals surface area contributed by atoms with Gasteiger partial charge in [0, 0.05) is 6.54 Å². The average molecular weight is 227 g/mol. The van der Waals surface area contributed by atoms with Crippen LogP contribution in [-0.4, -0.2) is 30.7 Å². The van der Waals surface area contributed by atoms with E-state index in [-0.39, 0.29) is 0 Å². The summed E-state index contributed by atoms with van der Waals surface area (Å²) in [5.41, 5.74) is 0. The maximum absolute atomic E-state index is 5.52. The minimum absolute atomic E-state index is 0.410. The van der Waals surface area contributed by atoms with Crippen molar-refractivity contribution in [1.82, 2.24) is 5.32 Å². The van der Waals surface area contributed by atoms with Crippen LogP contribution < -0.4 is 5.32 Å². The van der Waals surface area contributed by atoms with Crippen LogP contribution in [0.1, 0.15) is 25.7 Å². The Balaban J connectivity index is 1.55. The lowest BCUT2D eigenvalue weighted by atomic mass is 10.0. The SMILES string of the molecule is C1=COC(CNCC2CCSCC2)CC1. The van der Waals surface area contributed by atoms with Gasteiger partial charge in [0.1, 0.15) is 6.10 Å². The molecular weight excluding hydrogens is 206 g/mol. The summed E-state index contributed by atoms with van der Waals surface area (Å²) in [5.74, 6) is 3.62. The normalized spacial score (nSPS) is 27.6. The van der Waals surface area contributed by atoms with Gasteiger partial charge >= 0.3 is 0 Å². The third kappa shape index (κ3) is 4.07. The fourth-order valence-corrected chi connectivity index (χ4v) is 3.34. The first-order chi connectivity index (χ1) is 7.45. The lowest BCUT2D eigenvalue weighted by Gasteiger charge is -2.24. The van der Waals surface area contributed by atoms with Crippen LogP contribution in [0.5, 0.6) is 0 Å². The quantitative estimate of drug-likeness (QED) is 0.797. The summed E-state index contributed by atoms with van der Waals surface area (Å²) in [6.45, 7) is 2.21. The summed E-state index contributed by atoms with van der Waals surface area (Å²) in [6, 6.07) is 0. The molecule has 0 aromatic rings. The fourth-order valence-electron chi connectivity index (χ4n) is 2.13. The van der Waals surface area contributed by atoms with Crippen molar-refractivity contribution in [2.75, 3.05) is 24.6 Å². The predicted octanol–water partition coefficient (Wildman–Crippen LogP) is 2.41. The lowest BCUT2D eigenvalue weighted by molar-refractivity contribution is 0.121. The van der Waals surface area contributed by atoms with Crippen LogP contribution in [0.4, 0.5) is 0 Å². The molecule has 0 radical (unpaired) electrons. The maximum Gasteiger partial charge on any atom is 0.110 e. The summed E-state index contributed by atoms with van der Waals surface area (Å²) < 4.78 is 5.52. The second-order valence-electron chi connectivity index (χ2n) is 4.42. The Morgan fingerprint density at radius 1 is 1.20 bits per heavy atom. The fraction of sp³-hybridized carbons (Fsp3) is 0.833. The molecule has 2 aliphatic rings. The van der Waals surface area contributed by atoms with E-state index >= 15 is 0 Å². The van der Waals surface area contributed by atoms with Crippen molar-refractivity contribution in [3.8, 4) is 0 Å². The first-order valence-corrected chi connectivity index (χ1v) is 7.19. The second-order valence-corrected chi connectivity index (χ2v) is 5.65. The van der Waals surface area contributed by atoms with Crippen LogP contribution in [0.25, 0.3) is 0 Å². The second kappa shape index (κ2) is 6.44. The van der Waals surface area contributed by atoms with Crippen molar-refractivity contribution in [3.63, 3.8) is 0 Å². The van der Waals surface area contributed by atoms with E-state index in [4.69, 9.17) is 4.74 Å². The molecule has 2 aliphatic heterocycles. The van der Waals surface area contributed by atoms with Gasteiger partial charge in [0.15, 0.2) is 0 Å². The molecule has 1 saturated heterocycles. The highest BCUT2D eigenvalue weighted by molar-refractivity contribution is 7.99. The first-order valence-electron chi connectivity index (χ1n) is 6.04. The molecule has 1 atom stereocenters. The topological polar surface area (TPSA) is 21.3 Å². The van der Waals surface area contributed by atoms with Crippen molar-refractivity contribution in [1.29, 1.82) is 0 Å². The third-order valence-electron chi connectivity index (χ3n) is 3.17. The molecule has 0 aromatic heterocycles. The molecule has 0 saturated carbocycles. The van der Waals surface area contributed by atoms with Crippen molar-refractivity contribution >= 4 is 11.8 Å². The summed E-state index contributed by atoms with van der Waals surface area (Å²) in [6.07, 6.45) is 9.50. The number of ether oxygens (including phenoxy) is 1. The summed E-state index contributed by atoms with van der Waals surface area (Å²) >= 11 is 2.10. The Hall–Kier alpha value is -0.150. The van der Waals surface area contributed by atoms with Gasteiger partial charge in [-0.05, 0) is 55.7 Å². The summed E-state index contributed by atoms with van der Waals surface area (Å²) in [5, 5.41) is 3.56. The molecule has 1 N–H and O–H groups in total. The van der Waals surface area contributed by atoms with Gasteiger partial charge in [-0.3, -0.25) is 0 Å². The number of hydrogen-bond acceptors (Lipinski definition) is 3. The molecule has 3 heteroatoms. The van der Waals surface area contributed by atoms with Crippen LogP contribution in [0.3, 0.4) is 0 Å². The highest BCUT2D eigenvalue weighted by Gasteiger charge is 2.15. The monoisotopic (exact) mass is 227 g/mol. The maximum atomic E-state index is 5.52. The van der Waals surface area contributed by atoms with Crippen LogP contribution in [-0.2, 0) is 4.74 Å². The van der Waals surface area contributed by atoms with E-state index < -0.39 is 0 Å². The van der Waals surface area contributed by atoms with Crippen LogP contribution in [0.15, 0.2) is 12.3 Å². The van der Waals surface area contributed by atoms with E-state index in [0.29, 0.717) is 6.10 Å². The largest absolute Gasteiger partial charge is 0.497 e. The average Bonchev–Trinajstić information content (AvgIpc) is 2.32. The van der Waals surface area contributed by atoms with Gasteiger partial charge in [-0.15, -0.1) is 0 Å². The zero-order valence-electron chi connectivity index (χ0n) is 9.28. The van der Waals surface area contributed by atoms with Crippen molar-refractivity contribution < 1.29 is 4.74 Å². The lowest BCUT2D eigenvalue weighted by Crippen LogP contribution is -2.33. The highest BCUT2D eigenvalue weighted by Crippen LogP contribution is 2.21. The number of thioether (sulfide) groups is 1. The Morgan fingerprint density at radius 3 is 2.80 bits per heavy atom. The van der Waals surface area contributed by atoms with Gasteiger partial charge in [0.2, 0.25) is 0 Å². The molecule has 0 aromatic carbocycles. The molecule has 2 rings (SSSR count). The Bertz CT molecular complexity index is 202. The van der Waals surface area contributed by atoms with E-state index in [1.807, 2.05) is 6.26 Å². The molecule has 1 fully saturated rings. The molecular formula is C12H21NOS. The molecule has 0 spiro atoms. The molecule has 0 amide bonds. The standard InChI is InChI=1S/C12H21NOS/c1-2-6-14-12(3-1)10-13-9-11-4-7-15-8-5-11/h2,6,11-13H,1,3-5,7-10H2. The number of allylic oxidation sites excluding steroid dienone is 1. The van der Waals surface area contributed by atoms with Crippen molar-refractivity contribution in [3.05, 3.63) is 12.3 Å².